The number of hydrogen-bond acceptors (Lipinski definition) is 2. The molecule has 0 bridgehead atoms. The normalized spacial score (nSPS) is 12.3. The van der Waals surface area contributed by atoms with Gasteiger partial charge in [0, 0.05) is 22.0 Å². The van der Waals surface area contributed by atoms with Crippen LogP contribution in [0.3, 0.4) is 0 Å². The van der Waals surface area contributed by atoms with E-state index in [4.69, 9.17) is 4.74 Å². The first-order valence-electron chi connectivity index (χ1n) is 7.28. The van der Waals surface area contributed by atoms with Gasteiger partial charge in [-0.2, -0.15) is 0 Å². The van der Waals surface area contributed by atoms with Crippen molar-refractivity contribution in [3.05, 3.63) is 52.0 Å². The van der Waals surface area contributed by atoms with Gasteiger partial charge in [-0.15, -0.1) is 0 Å². The first kappa shape index (κ1) is 14.3. The molecule has 2 nitrogen and oxygen atoms in total. The summed E-state index contributed by atoms with van der Waals surface area (Å²) < 4.78 is 6.82. The second kappa shape index (κ2) is 6.02. The van der Waals surface area contributed by atoms with Crippen LogP contribution in [-0.2, 0) is 6.61 Å². The molecule has 2 aromatic rings. The van der Waals surface area contributed by atoms with Crippen molar-refractivity contribution in [2.24, 2.45) is 0 Å². The summed E-state index contributed by atoms with van der Waals surface area (Å²) in [6.07, 6.45) is 2.59. The van der Waals surface area contributed by atoms with Gasteiger partial charge in [0.05, 0.1) is 0 Å². The van der Waals surface area contributed by atoms with E-state index in [0.29, 0.717) is 13.0 Å². The summed E-state index contributed by atoms with van der Waals surface area (Å²) >= 11 is 3.52. The van der Waals surface area contributed by atoms with E-state index >= 15 is 0 Å². The van der Waals surface area contributed by atoms with Crippen molar-refractivity contribution in [3.63, 3.8) is 0 Å². The number of Topliss-reactive ketones (excluding diaryl/α,β-unsaturated/α-hetero) is 1. The van der Waals surface area contributed by atoms with Gasteiger partial charge in [0.15, 0.2) is 5.78 Å². The van der Waals surface area contributed by atoms with Crippen LogP contribution in [0, 0.1) is 0 Å². The van der Waals surface area contributed by atoms with Gasteiger partial charge < -0.3 is 4.74 Å². The number of hydrogen-bond donors (Lipinski definition) is 0. The molecular formula is C18H17BrO2. The van der Waals surface area contributed by atoms with Gasteiger partial charge in [-0.05, 0) is 47.9 Å². The van der Waals surface area contributed by atoms with Crippen LogP contribution in [0.1, 0.15) is 42.1 Å². The first-order valence-corrected chi connectivity index (χ1v) is 8.07. The third-order valence-electron chi connectivity index (χ3n) is 3.80. The molecule has 0 fully saturated rings. The van der Waals surface area contributed by atoms with E-state index in [-0.39, 0.29) is 5.78 Å². The number of benzene rings is 2. The maximum Gasteiger partial charge on any atom is 0.162 e. The average molecular weight is 345 g/mol. The first-order chi connectivity index (χ1) is 10.2. The Kier molecular flexibility index (Phi) is 4.11. The van der Waals surface area contributed by atoms with Crippen molar-refractivity contribution in [1.82, 2.24) is 0 Å². The van der Waals surface area contributed by atoms with Crippen molar-refractivity contribution in [1.29, 1.82) is 0 Å². The smallest absolute Gasteiger partial charge is 0.162 e. The Balaban J connectivity index is 2.01. The SMILES string of the molecule is CCCCC(=O)c1ccc2c(c1)-c1cc(Br)ccc1CO2. The van der Waals surface area contributed by atoms with Crippen molar-refractivity contribution in [3.8, 4) is 16.9 Å². The predicted octanol–water partition coefficient (Wildman–Crippen LogP) is 5.38. The molecule has 1 aliphatic heterocycles. The van der Waals surface area contributed by atoms with Gasteiger partial charge in [0.1, 0.15) is 12.4 Å². The molecule has 0 spiro atoms. The van der Waals surface area contributed by atoms with Crippen LogP contribution in [0.2, 0.25) is 0 Å². The summed E-state index contributed by atoms with van der Waals surface area (Å²) in [7, 11) is 0. The zero-order valence-electron chi connectivity index (χ0n) is 12.0. The van der Waals surface area contributed by atoms with E-state index in [1.54, 1.807) is 0 Å². The fourth-order valence-corrected chi connectivity index (χ4v) is 2.96. The summed E-state index contributed by atoms with van der Waals surface area (Å²) in [4.78, 5) is 12.2. The van der Waals surface area contributed by atoms with E-state index in [0.717, 1.165) is 45.3 Å². The number of rotatable bonds is 4. The molecule has 2 aromatic carbocycles. The molecule has 1 aliphatic rings. The number of fused-ring (bicyclic) bond motifs is 3. The second-order valence-electron chi connectivity index (χ2n) is 5.33. The third kappa shape index (κ3) is 2.88. The molecule has 0 amide bonds. The summed E-state index contributed by atoms with van der Waals surface area (Å²) in [5.74, 6) is 1.06. The fraction of sp³-hybridized carbons (Fsp3) is 0.278. The third-order valence-corrected chi connectivity index (χ3v) is 4.30. The molecular weight excluding hydrogens is 328 g/mol. The highest BCUT2D eigenvalue weighted by Gasteiger charge is 2.19. The summed E-state index contributed by atoms with van der Waals surface area (Å²) in [6.45, 7) is 2.68. The van der Waals surface area contributed by atoms with Crippen LogP contribution in [0.4, 0.5) is 0 Å². The molecule has 0 saturated carbocycles. The lowest BCUT2D eigenvalue weighted by molar-refractivity contribution is 0.0980. The van der Waals surface area contributed by atoms with Crippen LogP contribution in [-0.4, -0.2) is 5.78 Å². The topological polar surface area (TPSA) is 26.3 Å². The summed E-state index contributed by atoms with van der Waals surface area (Å²) in [5.41, 5.74) is 4.10. The van der Waals surface area contributed by atoms with E-state index in [2.05, 4.69) is 35.0 Å². The number of ketones is 1. The number of carbonyl (C=O) groups excluding carboxylic acids is 1. The molecule has 3 heteroatoms. The van der Waals surface area contributed by atoms with Gasteiger partial charge in [-0.3, -0.25) is 4.79 Å². The summed E-state index contributed by atoms with van der Waals surface area (Å²) in [5, 5.41) is 0. The highest BCUT2D eigenvalue weighted by Crippen LogP contribution is 2.39. The van der Waals surface area contributed by atoms with Gasteiger partial charge in [-0.25, -0.2) is 0 Å². The minimum Gasteiger partial charge on any atom is -0.488 e. The molecule has 0 unspecified atom stereocenters. The minimum absolute atomic E-state index is 0.210. The van der Waals surface area contributed by atoms with Gasteiger partial charge in [0.2, 0.25) is 0 Å². The number of ether oxygens (including phenoxy) is 1. The lowest BCUT2D eigenvalue weighted by Crippen LogP contribution is -2.07. The Hall–Kier alpha value is -1.61. The number of halogens is 1. The largest absolute Gasteiger partial charge is 0.488 e. The zero-order chi connectivity index (χ0) is 14.8. The van der Waals surface area contributed by atoms with Crippen molar-refractivity contribution >= 4 is 21.7 Å². The van der Waals surface area contributed by atoms with E-state index in [9.17, 15) is 4.79 Å². The fourth-order valence-electron chi connectivity index (χ4n) is 2.60. The van der Waals surface area contributed by atoms with Crippen molar-refractivity contribution < 1.29 is 9.53 Å². The molecule has 0 aliphatic carbocycles. The lowest BCUT2D eigenvalue weighted by Gasteiger charge is -2.21. The van der Waals surface area contributed by atoms with Crippen LogP contribution >= 0.6 is 15.9 Å². The quantitative estimate of drug-likeness (QED) is 0.695. The van der Waals surface area contributed by atoms with Gasteiger partial charge >= 0.3 is 0 Å². The van der Waals surface area contributed by atoms with Crippen molar-refractivity contribution in [2.45, 2.75) is 32.8 Å². The minimum atomic E-state index is 0.210. The molecule has 0 radical (unpaired) electrons. The molecule has 3 rings (SSSR count). The standard InChI is InChI=1S/C18H17BrO2/c1-2-3-4-17(20)12-6-8-18-16(9-12)15-10-14(19)7-5-13(15)11-21-18/h5-10H,2-4,11H2,1H3. The Bertz CT molecular complexity index is 692. The van der Waals surface area contributed by atoms with Gasteiger partial charge in [0.25, 0.3) is 0 Å². The van der Waals surface area contributed by atoms with Crippen LogP contribution in [0.25, 0.3) is 11.1 Å². The summed E-state index contributed by atoms with van der Waals surface area (Å²) in [6, 6.07) is 11.9. The molecule has 1 heterocycles. The van der Waals surface area contributed by atoms with Crippen LogP contribution < -0.4 is 4.74 Å². The highest BCUT2D eigenvalue weighted by atomic mass is 79.9. The molecule has 21 heavy (non-hydrogen) atoms. The Morgan fingerprint density at radius 2 is 2.05 bits per heavy atom. The average Bonchev–Trinajstić information content (AvgIpc) is 2.52. The van der Waals surface area contributed by atoms with E-state index in [1.165, 1.54) is 0 Å². The molecule has 0 N–H and O–H groups in total. The Labute approximate surface area is 133 Å². The van der Waals surface area contributed by atoms with Gasteiger partial charge in [-0.1, -0.05) is 35.3 Å². The maximum absolute atomic E-state index is 12.2. The zero-order valence-corrected chi connectivity index (χ0v) is 13.6. The molecule has 0 saturated heterocycles. The highest BCUT2D eigenvalue weighted by molar-refractivity contribution is 9.10. The molecule has 0 atom stereocenters. The maximum atomic E-state index is 12.2. The Morgan fingerprint density at radius 1 is 1.19 bits per heavy atom. The molecule has 0 aromatic heterocycles. The van der Waals surface area contributed by atoms with E-state index < -0.39 is 0 Å². The van der Waals surface area contributed by atoms with Crippen LogP contribution in [0.15, 0.2) is 40.9 Å². The number of carbonyl (C=O) groups is 1. The second-order valence-corrected chi connectivity index (χ2v) is 6.24. The lowest BCUT2D eigenvalue weighted by atomic mass is 9.94. The molecule has 108 valence electrons. The predicted molar refractivity (Wildman–Crippen MR) is 87.8 cm³/mol. The monoisotopic (exact) mass is 344 g/mol. The van der Waals surface area contributed by atoms with Crippen molar-refractivity contribution in [2.75, 3.05) is 0 Å². The Morgan fingerprint density at radius 3 is 2.86 bits per heavy atom. The van der Waals surface area contributed by atoms with E-state index in [1.807, 2.05) is 24.3 Å². The van der Waals surface area contributed by atoms with Crippen LogP contribution in [0.5, 0.6) is 5.75 Å². The number of unbranched alkanes of at least 4 members (excludes halogenated alkanes) is 1.